The Labute approximate surface area is 211 Å². The molecule has 0 spiro atoms. The number of benzene rings is 2. The second-order valence-electron chi connectivity index (χ2n) is 9.52. The number of piperidine rings is 1. The summed E-state index contributed by atoms with van der Waals surface area (Å²) in [6, 6.07) is 13.6. The fourth-order valence-electron chi connectivity index (χ4n) is 5.23. The number of ketones is 1. The van der Waals surface area contributed by atoms with Crippen LogP contribution in [0, 0.1) is 0 Å². The highest BCUT2D eigenvalue weighted by Gasteiger charge is 2.39. The number of Topliss-reactive ketones (excluding diaryl/α,β-unsaturated/α-hetero) is 1. The van der Waals surface area contributed by atoms with E-state index in [1.165, 1.54) is 31.4 Å². The molecule has 0 bridgehead atoms. The third-order valence-corrected chi connectivity index (χ3v) is 8.71. The maximum Gasteiger partial charge on any atom is 0.258 e. The van der Waals surface area contributed by atoms with Crippen molar-refractivity contribution in [1.82, 2.24) is 14.9 Å². The molecule has 0 radical (unpaired) electrons. The van der Waals surface area contributed by atoms with Crippen molar-refractivity contribution in [2.24, 2.45) is 5.73 Å². The summed E-state index contributed by atoms with van der Waals surface area (Å²) in [6.07, 6.45) is 4.39. The van der Waals surface area contributed by atoms with Crippen molar-refractivity contribution in [3.63, 3.8) is 0 Å². The van der Waals surface area contributed by atoms with Crippen molar-refractivity contribution in [3.05, 3.63) is 76.4 Å². The highest BCUT2D eigenvalue weighted by Crippen LogP contribution is 2.39. The van der Waals surface area contributed by atoms with Crippen LogP contribution in [-0.2, 0) is 14.8 Å². The van der Waals surface area contributed by atoms with Gasteiger partial charge in [0.2, 0.25) is 10.0 Å². The predicted molar refractivity (Wildman–Crippen MR) is 138 cm³/mol. The zero-order chi connectivity index (χ0) is 25.4. The molecular weight excluding hydrogens is 476 g/mol. The van der Waals surface area contributed by atoms with Gasteiger partial charge in [-0.15, -0.1) is 0 Å². The maximum atomic E-state index is 13.2. The van der Waals surface area contributed by atoms with Crippen LogP contribution in [0.15, 0.2) is 64.6 Å². The van der Waals surface area contributed by atoms with Gasteiger partial charge in [-0.3, -0.25) is 9.59 Å². The number of hydrogen-bond donors (Lipinski definition) is 3. The second-order valence-corrected chi connectivity index (χ2v) is 11.3. The molecule has 0 aromatic heterocycles. The summed E-state index contributed by atoms with van der Waals surface area (Å²) in [4.78, 5) is 28.5. The topological polar surface area (TPSA) is 122 Å². The van der Waals surface area contributed by atoms with E-state index in [0.717, 1.165) is 19.5 Å². The maximum absolute atomic E-state index is 13.2. The Hall–Kier alpha value is -3.27. The molecule has 1 aliphatic carbocycles. The van der Waals surface area contributed by atoms with E-state index in [-0.39, 0.29) is 27.5 Å². The Balaban J connectivity index is 1.32. The fourth-order valence-corrected chi connectivity index (χ4v) is 6.30. The molecule has 0 saturated carbocycles. The Morgan fingerprint density at radius 2 is 1.75 bits per heavy atom. The number of carbonyl (C=O) groups is 2. The lowest BCUT2D eigenvalue weighted by Crippen LogP contribution is -2.39. The van der Waals surface area contributed by atoms with E-state index >= 15 is 0 Å². The molecule has 4 N–H and O–H groups in total. The number of hydrogen-bond acceptors (Lipinski definition) is 6. The van der Waals surface area contributed by atoms with E-state index in [0.29, 0.717) is 35.0 Å². The second kappa shape index (κ2) is 9.65. The highest BCUT2D eigenvalue weighted by atomic mass is 32.2. The number of nitrogens with zero attached hydrogens (tertiary/aromatic N) is 1. The Bertz CT molecular complexity index is 1390. The first kappa shape index (κ1) is 24.4. The minimum atomic E-state index is -3.68. The van der Waals surface area contributed by atoms with Crippen molar-refractivity contribution in [2.75, 3.05) is 19.6 Å². The fraction of sp³-hybridized carbons (Fsp3) is 0.333. The molecule has 36 heavy (non-hydrogen) atoms. The van der Waals surface area contributed by atoms with Gasteiger partial charge in [0.25, 0.3) is 5.91 Å². The normalized spacial score (nSPS) is 20.4. The van der Waals surface area contributed by atoms with Gasteiger partial charge >= 0.3 is 0 Å². The molecule has 188 valence electrons. The van der Waals surface area contributed by atoms with Crippen LogP contribution in [0.5, 0.6) is 0 Å². The van der Waals surface area contributed by atoms with Gasteiger partial charge in [-0.2, -0.15) is 0 Å². The monoisotopic (exact) mass is 506 g/mol. The quantitative estimate of drug-likeness (QED) is 0.497. The molecule has 1 amide bonds. The molecule has 1 fully saturated rings. The lowest BCUT2D eigenvalue weighted by Gasteiger charge is -2.33. The van der Waals surface area contributed by atoms with Crippen molar-refractivity contribution < 1.29 is 18.0 Å². The van der Waals surface area contributed by atoms with E-state index in [1.54, 1.807) is 36.4 Å². The molecule has 1 unspecified atom stereocenters. The number of amides is 1. The van der Waals surface area contributed by atoms with E-state index in [1.807, 2.05) is 0 Å². The first-order valence-corrected chi connectivity index (χ1v) is 13.8. The van der Waals surface area contributed by atoms with Gasteiger partial charge in [0.05, 0.1) is 27.4 Å². The molecule has 1 saturated heterocycles. The number of fused-ring (bicyclic) bond motifs is 2. The number of likely N-dealkylation sites (tertiary alicyclic amines) is 1. The molecule has 2 heterocycles. The minimum Gasteiger partial charge on any atom is -0.398 e. The number of nitrogens with one attached hydrogen (secondary N) is 2. The summed E-state index contributed by atoms with van der Waals surface area (Å²) >= 11 is 0. The van der Waals surface area contributed by atoms with Crippen LogP contribution in [-0.4, -0.2) is 50.7 Å². The van der Waals surface area contributed by atoms with Gasteiger partial charge in [-0.1, -0.05) is 42.8 Å². The zero-order valence-electron chi connectivity index (χ0n) is 20.2. The lowest BCUT2D eigenvalue weighted by atomic mass is 9.84. The molecule has 9 heteroatoms. The largest absolute Gasteiger partial charge is 0.398 e. The van der Waals surface area contributed by atoms with Gasteiger partial charge < -0.3 is 16.0 Å². The van der Waals surface area contributed by atoms with Crippen molar-refractivity contribution in [3.8, 4) is 0 Å². The van der Waals surface area contributed by atoms with Gasteiger partial charge in [0.15, 0.2) is 5.78 Å². The summed E-state index contributed by atoms with van der Waals surface area (Å²) in [5.41, 5.74) is 8.75. The van der Waals surface area contributed by atoms with Crippen LogP contribution in [0.3, 0.4) is 0 Å². The smallest absolute Gasteiger partial charge is 0.258 e. The standard InChI is InChI=1S/C27H30N4O4S/c1-17-7-4-5-15-31(17)16-6-14-29-36(34,35)19-12-10-18(11-13-19)25-23-22(27(33)30-25)24(28)20-8-2-3-9-21(20)26(23)32/h2-3,8-13,17,29H,4-7,14-16,28H2,1H3,(H,30,33). The van der Waals surface area contributed by atoms with Crippen LogP contribution in [0.25, 0.3) is 11.4 Å². The minimum absolute atomic E-state index is 0.128. The van der Waals surface area contributed by atoms with Crippen LogP contribution in [0.2, 0.25) is 0 Å². The van der Waals surface area contributed by atoms with Gasteiger partial charge in [0.1, 0.15) is 0 Å². The van der Waals surface area contributed by atoms with E-state index < -0.39 is 15.9 Å². The van der Waals surface area contributed by atoms with Gasteiger partial charge in [-0.05, 0) is 57.0 Å². The number of rotatable bonds is 7. The number of nitrogens with two attached hydrogens (primary N) is 1. The Morgan fingerprint density at radius 1 is 1.03 bits per heavy atom. The van der Waals surface area contributed by atoms with Crippen molar-refractivity contribution in [2.45, 2.75) is 43.5 Å². The summed E-state index contributed by atoms with van der Waals surface area (Å²) in [5, 5.41) is 2.75. The summed E-state index contributed by atoms with van der Waals surface area (Å²) in [7, 11) is -3.68. The molecule has 2 aromatic rings. The Morgan fingerprint density at radius 3 is 2.47 bits per heavy atom. The van der Waals surface area contributed by atoms with Crippen LogP contribution < -0.4 is 15.8 Å². The number of sulfonamides is 1. The summed E-state index contributed by atoms with van der Waals surface area (Å²) < 4.78 is 28.3. The molecule has 5 rings (SSSR count). The zero-order valence-corrected chi connectivity index (χ0v) is 21.0. The van der Waals surface area contributed by atoms with Gasteiger partial charge in [0, 0.05) is 23.7 Å². The van der Waals surface area contributed by atoms with E-state index in [9.17, 15) is 18.0 Å². The molecule has 2 aliphatic heterocycles. The highest BCUT2D eigenvalue weighted by molar-refractivity contribution is 7.89. The van der Waals surface area contributed by atoms with Crippen LogP contribution in [0.4, 0.5) is 0 Å². The molecule has 8 nitrogen and oxygen atoms in total. The van der Waals surface area contributed by atoms with Crippen LogP contribution in [0.1, 0.15) is 54.1 Å². The third kappa shape index (κ3) is 4.38. The number of carbonyl (C=O) groups excluding carboxylic acids is 2. The lowest BCUT2D eigenvalue weighted by molar-refractivity contribution is -0.115. The SMILES string of the molecule is CC1CCCCN1CCCNS(=O)(=O)c1ccc(C2=C3C(=O)c4ccccc4C(N)=C3C(=O)N2)cc1. The van der Waals surface area contributed by atoms with Crippen LogP contribution >= 0.6 is 0 Å². The molecular formula is C27H30N4O4S. The van der Waals surface area contributed by atoms with E-state index in [4.69, 9.17) is 5.73 Å². The average Bonchev–Trinajstić information content (AvgIpc) is 3.24. The van der Waals surface area contributed by atoms with Gasteiger partial charge in [-0.25, -0.2) is 13.1 Å². The molecule has 1 atom stereocenters. The molecule has 3 aliphatic rings. The van der Waals surface area contributed by atoms with E-state index in [2.05, 4.69) is 21.9 Å². The van der Waals surface area contributed by atoms with Crippen molar-refractivity contribution in [1.29, 1.82) is 0 Å². The Kier molecular flexibility index (Phi) is 6.55. The first-order valence-electron chi connectivity index (χ1n) is 12.3. The average molecular weight is 507 g/mol. The van der Waals surface area contributed by atoms with Crippen molar-refractivity contribution >= 4 is 33.1 Å². The summed E-state index contributed by atoms with van der Waals surface area (Å²) in [6.45, 7) is 4.52. The summed E-state index contributed by atoms with van der Waals surface area (Å²) in [5.74, 6) is -0.730. The first-order chi connectivity index (χ1) is 17.3. The third-order valence-electron chi connectivity index (χ3n) is 7.23. The predicted octanol–water partition coefficient (Wildman–Crippen LogP) is 2.64. The molecule has 2 aromatic carbocycles.